The lowest BCUT2D eigenvalue weighted by Gasteiger charge is -2.12. The molecule has 6 nitrogen and oxygen atoms in total. The van der Waals surface area contributed by atoms with Crippen LogP contribution < -0.4 is 4.72 Å². The van der Waals surface area contributed by atoms with Gasteiger partial charge in [-0.1, -0.05) is 0 Å². The van der Waals surface area contributed by atoms with Crippen molar-refractivity contribution in [2.75, 3.05) is 12.0 Å². The monoisotopic (exact) mass is 265 g/mol. The number of hydrogen-bond acceptors (Lipinski definition) is 4. The Morgan fingerprint density at radius 1 is 1.62 bits per heavy atom. The molecule has 1 heterocycles. The third kappa shape index (κ3) is 4.03. The summed E-state index contributed by atoms with van der Waals surface area (Å²) in [4.78, 5) is 0.108. The molecule has 92 valence electrons. The quantitative estimate of drug-likeness (QED) is 0.748. The molecule has 0 bridgehead atoms. The van der Waals surface area contributed by atoms with E-state index in [0.29, 0.717) is 12.2 Å². The minimum atomic E-state index is -3.51. The van der Waals surface area contributed by atoms with Gasteiger partial charge in [0.2, 0.25) is 10.0 Å². The van der Waals surface area contributed by atoms with Crippen molar-refractivity contribution < 1.29 is 12.6 Å². The van der Waals surface area contributed by atoms with Crippen LogP contribution in [0.4, 0.5) is 0 Å². The Morgan fingerprint density at radius 3 is 2.81 bits per heavy atom. The Bertz CT molecular complexity index is 441. The standard InChI is InChI=1S/C8H15N3O3S2/c1-7(3-4-15(2)12)11-16(13,14)8-5-9-10-6-8/h5-7,11H,3-4H2,1-2H3,(H,9,10). The van der Waals surface area contributed by atoms with Crippen LogP contribution in [0.3, 0.4) is 0 Å². The molecular weight excluding hydrogens is 250 g/mol. The van der Waals surface area contributed by atoms with Gasteiger partial charge in [-0.25, -0.2) is 13.1 Å². The molecule has 0 fully saturated rings. The lowest BCUT2D eigenvalue weighted by atomic mass is 10.3. The van der Waals surface area contributed by atoms with Gasteiger partial charge in [0.25, 0.3) is 0 Å². The molecule has 0 aromatic carbocycles. The van der Waals surface area contributed by atoms with Gasteiger partial charge in [0.15, 0.2) is 0 Å². The summed E-state index contributed by atoms with van der Waals surface area (Å²) in [5.74, 6) is 0.481. The van der Waals surface area contributed by atoms with Crippen molar-refractivity contribution in [3.8, 4) is 0 Å². The summed E-state index contributed by atoms with van der Waals surface area (Å²) in [6.45, 7) is 1.74. The van der Waals surface area contributed by atoms with Crippen molar-refractivity contribution in [3.05, 3.63) is 12.4 Å². The second-order valence-electron chi connectivity index (χ2n) is 3.52. The molecule has 0 saturated heterocycles. The number of nitrogens with one attached hydrogen (secondary N) is 2. The van der Waals surface area contributed by atoms with Crippen molar-refractivity contribution in [1.29, 1.82) is 0 Å². The van der Waals surface area contributed by atoms with Gasteiger partial charge in [-0.2, -0.15) is 5.10 Å². The van der Waals surface area contributed by atoms with Crippen molar-refractivity contribution in [2.45, 2.75) is 24.3 Å². The number of aromatic amines is 1. The van der Waals surface area contributed by atoms with Crippen LogP contribution in [0.5, 0.6) is 0 Å². The van der Waals surface area contributed by atoms with Crippen LogP contribution in [0.2, 0.25) is 0 Å². The fourth-order valence-corrected chi connectivity index (χ4v) is 2.99. The van der Waals surface area contributed by atoms with Gasteiger partial charge < -0.3 is 0 Å². The summed E-state index contributed by atoms with van der Waals surface area (Å²) >= 11 is 0. The topological polar surface area (TPSA) is 91.9 Å². The van der Waals surface area contributed by atoms with E-state index in [1.54, 1.807) is 13.2 Å². The Balaban J connectivity index is 2.57. The van der Waals surface area contributed by atoms with Crippen molar-refractivity contribution >= 4 is 20.8 Å². The highest BCUT2D eigenvalue weighted by molar-refractivity contribution is 7.89. The van der Waals surface area contributed by atoms with E-state index in [1.165, 1.54) is 12.4 Å². The van der Waals surface area contributed by atoms with E-state index in [2.05, 4.69) is 14.9 Å². The number of aromatic nitrogens is 2. The summed E-state index contributed by atoms with van der Waals surface area (Å²) in [6.07, 6.45) is 4.69. The van der Waals surface area contributed by atoms with Crippen LogP contribution >= 0.6 is 0 Å². The molecule has 16 heavy (non-hydrogen) atoms. The first kappa shape index (κ1) is 13.3. The van der Waals surface area contributed by atoms with Crippen LogP contribution in [0.1, 0.15) is 13.3 Å². The fourth-order valence-electron chi connectivity index (χ4n) is 1.12. The van der Waals surface area contributed by atoms with Crippen molar-refractivity contribution in [2.24, 2.45) is 0 Å². The molecule has 0 saturated carbocycles. The van der Waals surface area contributed by atoms with Gasteiger partial charge in [-0.3, -0.25) is 9.31 Å². The van der Waals surface area contributed by atoms with E-state index >= 15 is 0 Å². The molecule has 2 atom stereocenters. The molecule has 1 rings (SSSR count). The molecule has 1 aromatic heterocycles. The van der Waals surface area contributed by atoms with E-state index in [0.717, 1.165) is 0 Å². The predicted octanol–water partition coefficient (Wildman–Crippen LogP) is -0.155. The van der Waals surface area contributed by atoms with Crippen LogP contribution in [0.15, 0.2) is 17.3 Å². The molecule has 0 radical (unpaired) electrons. The number of H-pyrrole nitrogens is 1. The van der Waals surface area contributed by atoms with E-state index in [-0.39, 0.29) is 10.9 Å². The number of hydrogen-bond donors (Lipinski definition) is 2. The Labute approximate surface area is 97.3 Å². The lowest BCUT2D eigenvalue weighted by molar-refractivity contribution is 0.556. The summed E-state index contributed by atoms with van der Waals surface area (Å²) in [7, 11) is -4.41. The molecule has 2 N–H and O–H groups in total. The number of sulfonamides is 1. The maximum atomic E-state index is 11.7. The summed E-state index contributed by atoms with van der Waals surface area (Å²) in [5, 5.41) is 6.02. The zero-order valence-electron chi connectivity index (χ0n) is 9.13. The third-order valence-electron chi connectivity index (χ3n) is 1.98. The van der Waals surface area contributed by atoms with Gasteiger partial charge in [0, 0.05) is 35.0 Å². The highest BCUT2D eigenvalue weighted by atomic mass is 32.2. The average molecular weight is 265 g/mol. The first-order valence-electron chi connectivity index (χ1n) is 4.73. The van der Waals surface area contributed by atoms with Crippen LogP contribution in [-0.2, 0) is 20.8 Å². The van der Waals surface area contributed by atoms with Gasteiger partial charge in [-0.15, -0.1) is 0 Å². The van der Waals surface area contributed by atoms with E-state index in [1.807, 2.05) is 0 Å². The minimum Gasteiger partial charge on any atom is -0.284 e. The van der Waals surface area contributed by atoms with Crippen LogP contribution in [0, 0.1) is 0 Å². The number of rotatable bonds is 6. The molecular formula is C8H15N3O3S2. The molecule has 0 spiro atoms. The molecule has 0 amide bonds. The molecule has 0 aliphatic carbocycles. The SMILES string of the molecule is CC(CCS(C)=O)NS(=O)(=O)c1cn[nH]c1. The molecule has 0 aliphatic heterocycles. The smallest absolute Gasteiger partial charge is 0.243 e. The minimum absolute atomic E-state index is 0.108. The molecule has 8 heteroatoms. The largest absolute Gasteiger partial charge is 0.284 e. The van der Waals surface area contributed by atoms with E-state index < -0.39 is 20.8 Å². The predicted molar refractivity (Wildman–Crippen MR) is 61.9 cm³/mol. The first-order valence-corrected chi connectivity index (χ1v) is 7.94. The maximum Gasteiger partial charge on any atom is 0.243 e. The fraction of sp³-hybridized carbons (Fsp3) is 0.625. The summed E-state index contributed by atoms with van der Waals surface area (Å²) < 4.78 is 36.8. The third-order valence-corrected chi connectivity index (χ3v) is 4.35. The maximum absolute atomic E-state index is 11.7. The zero-order valence-corrected chi connectivity index (χ0v) is 10.8. The lowest BCUT2D eigenvalue weighted by Crippen LogP contribution is -2.33. The summed E-state index contributed by atoms with van der Waals surface area (Å²) in [5.41, 5.74) is 0. The van der Waals surface area contributed by atoms with Gasteiger partial charge in [-0.05, 0) is 13.3 Å². The highest BCUT2D eigenvalue weighted by Crippen LogP contribution is 2.06. The highest BCUT2D eigenvalue weighted by Gasteiger charge is 2.18. The molecule has 0 aliphatic rings. The average Bonchev–Trinajstić information content (AvgIpc) is 2.67. The van der Waals surface area contributed by atoms with Crippen molar-refractivity contribution in [3.63, 3.8) is 0 Å². The normalized spacial score (nSPS) is 15.9. The Hall–Kier alpha value is -0.730. The van der Waals surface area contributed by atoms with E-state index in [9.17, 15) is 12.6 Å². The van der Waals surface area contributed by atoms with Crippen LogP contribution in [-0.4, -0.2) is 40.9 Å². The zero-order chi connectivity index (χ0) is 12.2. The molecule has 1 aromatic rings. The molecule has 2 unspecified atom stereocenters. The Morgan fingerprint density at radius 2 is 2.31 bits per heavy atom. The first-order chi connectivity index (χ1) is 7.42. The number of nitrogens with zero attached hydrogens (tertiary/aromatic N) is 1. The van der Waals surface area contributed by atoms with Gasteiger partial charge in [0.05, 0.1) is 6.20 Å². The van der Waals surface area contributed by atoms with Gasteiger partial charge in [0.1, 0.15) is 4.90 Å². The second kappa shape index (κ2) is 5.55. The second-order valence-corrected chi connectivity index (χ2v) is 6.79. The van der Waals surface area contributed by atoms with Crippen molar-refractivity contribution in [1.82, 2.24) is 14.9 Å². The Kier molecular flexibility index (Phi) is 4.63. The van der Waals surface area contributed by atoms with Gasteiger partial charge >= 0.3 is 0 Å². The van der Waals surface area contributed by atoms with Crippen LogP contribution in [0.25, 0.3) is 0 Å². The summed E-state index contributed by atoms with van der Waals surface area (Å²) in [6, 6.07) is -0.246. The van der Waals surface area contributed by atoms with E-state index in [4.69, 9.17) is 0 Å².